The Hall–Kier alpha value is -10.5. The number of pyridine rings is 1. The molecule has 702 valence electrons. The number of anilines is 3. The van der Waals surface area contributed by atoms with Gasteiger partial charge in [0.05, 0.1) is 82.1 Å². The van der Waals surface area contributed by atoms with Crippen LogP contribution in [-0.4, -0.2) is 290 Å². The molecular formula is C91H128N18O20. The molecule has 4 amide bonds. The minimum atomic E-state index is -2.52. The number of unbranched alkanes of at least 4 members (excludes halogenated alkanes) is 1. The third-order valence-electron chi connectivity index (χ3n) is 24.6. The molecule has 2 bridgehead atoms. The lowest BCUT2D eigenvalue weighted by molar-refractivity contribution is -0.265. The van der Waals surface area contributed by atoms with Crippen LogP contribution in [-0.2, 0) is 84.5 Å². The monoisotopic (exact) mass is 1790 g/mol. The Morgan fingerprint density at radius 1 is 0.713 bits per heavy atom. The highest BCUT2D eigenvalue weighted by atomic mass is 16.6. The molecule has 10 heterocycles. The normalized spacial score (nSPS) is 26.8. The first-order valence-corrected chi connectivity index (χ1v) is 44.9. The molecule has 38 nitrogen and oxygen atoms in total. The third kappa shape index (κ3) is 27.8. The predicted octanol–water partition coefficient (Wildman–Crippen LogP) is 6.11. The van der Waals surface area contributed by atoms with Gasteiger partial charge in [-0.15, -0.1) is 0 Å². The first-order valence-electron chi connectivity index (χ1n) is 44.9. The van der Waals surface area contributed by atoms with Crippen molar-refractivity contribution in [1.82, 2.24) is 70.5 Å². The number of hydrogen-bond donors (Lipinski definition) is 9. The molecule has 0 unspecified atom stereocenters. The zero-order chi connectivity index (χ0) is 92.1. The minimum absolute atomic E-state index is 0.00702. The zero-order valence-electron chi connectivity index (χ0n) is 75.2. The van der Waals surface area contributed by atoms with Gasteiger partial charge in [-0.3, -0.25) is 28.8 Å². The largest absolute Gasteiger partial charge is 0.459 e. The third-order valence-corrected chi connectivity index (χ3v) is 24.6. The van der Waals surface area contributed by atoms with Gasteiger partial charge < -0.3 is 105 Å². The van der Waals surface area contributed by atoms with E-state index in [0.29, 0.717) is 163 Å². The molecule has 1 saturated carbocycles. The summed E-state index contributed by atoms with van der Waals surface area (Å²) in [6.07, 6.45) is 19.6. The minimum Gasteiger partial charge on any atom is -0.459 e. The summed E-state index contributed by atoms with van der Waals surface area (Å²) in [5, 5.41) is 49.6. The number of fused-ring (bicyclic) bond motifs is 5. The number of aromatic nitrogens is 10. The number of aliphatic hydroxyl groups excluding tert-OH is 2. The zero-order valence-corrected chi connectivity index (χ0v) is 75.2. The molecule has 3 saturated heterocycles. The van der Waals surface area contributed by atoms with Gasteiger partial charge in [0.2, 0.25) is 23.6 Å². The van der Waals surface area contributed by atoms with Crippen LogP contribution >= 0.6 is 0 Å². The van der Waals surface area contributed by atoms with E-state index < -0.39 is 120 Å². The van der Waals surface area contributed by atoms with Gasteiger partial charge in [-0.2, -0.15) is 5.10 Å². The molecule has 0 radical (unpaired) electrons. The molecule has 6 aromatic rings. The quantitative estimate of drug-likeness (QED) is 0.00995. The fraction of sp³-hybridized carbons (Fsp3) is 0.604. The maximum Gasteiger partial charge on any atom is 0.407 e. The summed E-state index contributed by atoms with van der Waals surface area (Å²) < 4.78 is 54.3. The molecule has 15 atom stereocenters. The number of H-pyrrole nitrogens is 1. The molecule has 4 aliphatic heterocycles. The van der Waals surface area contributed by atoms with E-state index in [1.165, 1.54) is 38.8 Å². The standard InChI is InChI=1S/C91H128N18O20/c1-56-16-10-9-11-17-57(2)72(121-7)47-67-21-19-61(6)91(120,129-67)81(115)86(117)108-28-14-12-18-69(108)87(118)127-73(48-70(110)58(3)43-60(5)79(113)80(114)78(112)59(4)42-56)68(92)44-62-20-22-71(74(45-62)122-8)128-90(119)96-27-35-124-37-39-126-41-40-125-38-36-123-34-24-75(111)97-49-63-50-99-88(100-51-63)106-30-32-107(33-31-106)89-101-53-66(54-102-89)85(116)95-25-13-15-29-109-84-76(82(93)103-55-104-84)77(105-109)65-46-64-23-26-94-83(64)98-52-65/h9-11,16-17,23,26,43,46,50-56,58-59,61-62,67-69,71-74,79-80,113-114,120H,12-15,18-22,24-25,27-42,44-45,47-49,92H2,1-8H3,(H,94,98)(H,95,116)(H,96,119)(H,97,111)(H2,93,103,104)/b11-9+,16-10+,57-17+,60-43+/t56-,58-,59-,61-,62+,67+,68-,69+,71-,72+,73+,74-,79-,80+,91-/m1/s1. The summed E-state index contributed by atoms with van der Waals surface area (Å²) in [5.41, 5.74) is 18.3. The molecule has 0 aromatic carbocycles. The summed E-state index contributed by atoms with van der Waals surface area (Å²) in [5.74, 6) is -8.39. The summed E-state index contributed by atoms with van der Waals surface area (Å²) in [6.45, 7) is 16.2. The molecule has 6 aromatic heterocycles. The van der Waals surface area contributed by atoms with E-state index in [9.17, 15) is 53.7 Å². The molecule has 0 spiro atoms. The number of esters is 1. The number of carbonyl (C=O) groups excluding carboxylic acids is 8. The summed E-state index contributed by atoms with van der Waals surface area (Å²) in [7, 11) is 3.05. The number of piperidine rings is 1. The Bertz CT molecular complexity index is 4830. The van der Waals surface area contributed by atoms with E-state index in [0.717, 1.165) is 32.6 Å². The van der Waals surface area contributed by atoms with E-state index in [1.54, 1.807) is 46.5 Å². The van der Waals surface area contributed by atoms with Crippen LogP contribution in [0, 0.1) is 29.6 Å². The molecular weight excluding hydrogens is 1670 g/mol. The van der Waals surface area contributed by atoms with Crippen LogP contribution in [0.4, 0.5) is 22.5 Å². The van der Waals surface area contributed by atoms with Crippen LogP contribution in [0.2, 0.25) is 0 Å². The Morgan fingerprint density at radius 3 is 2.12 bits per heavy atom. The molecule has 11 N–H and O–H groups in total. The Kier molecular flexibility index (Phi) is 37.6. The van der Waals surface area contributed by atoms with Crippen LogP contribution in [0.5, 0.6) is 0 Å². The summed E-state index contributed by atoms with van der Waals surface area (Å²) in [6, 6.07) is 1.68. The van der Waals surface area contributed by atoms with Crippen molar-refractivity contribution in [2.24, 2.45) is 35.3 Å². The van der Waals surface area contributed by atoms with Crippen molar-refractivity contribution in [3.8, 4) is 11.3 Å². The Labute approximate surface area is 751 Å². The van der Waals surface area contributed by atoms with Crippen LogP contribution in [0.25, 0.3) is 33.3 Å². The Morgan fingerprint density at radius 2 is 1.41 bits per heavy atom. The summed E-state index contributed by atoms with van der Waals surface area (Å²) >= 11 is 0. The van der Waals surface area contributed by atoms with Crippen LogP contribution in [0.15, 0.2) is 103 Å². The number of carbonyl (C=O) groups is 8. The number of ketones is 3. The number of hydrogen-bond acceptors (Lipinski definition) is 32. The van der Waals surface area contributed by atoms with Crippen LogP contribution in [0.3, 0.4) is 0 Å². The van der Waals surface area contributed by atoms with Crippen molar-refractivity contribution < 1.29 is 96.3 Å². The van der Waals surface area contributed by atoms with E-state index >= 15 is 0 Å². The van der Waals surface area contributed by atoms with Gasteiger partial charge in [-0.1, -0.05) is 64.2 Å². The number of nitrogen functional groups attached to an aromatic ring is 1. The second-order valence-electron chi connectivity index (χ2n) is 34.1. The van der Waals surface area contributed by atoms with Crippen molar-refractivity contribution in [2.45, 2.75) is 212 Å². The van der Waals surface area contributed by atoms with E-state index in [-0.39, 0.29) is 108 Å². The van der Waals surface area contributed by atoms with Gasteiger partial charge in [0.15, 0.2) is 11.4 Å². The SMILES string of the molecule is CO[C@H]1C[C@@H]2CC[C@@H](C)[C@@](O)(O2)C(=O)C(=O)N2CCCC[C@H]2C(=O)O[C@H]([C@H](N)C[C@@H]2CC[C@@H](OC(=O)NCCOCCOCCOCCOCCC(=O)NCc3cnc(N4CCN(c5ncc(C(=O)NCCCCn6nc(-c7cnc8[nH]ccc8c7)c7c(N)ncnc76)cn5)CC4)nc3)[C@H](OC)C2)CC(=O)[C@H](C)/C=C(\C)[C@@H](O)[C@@H](O)C(=O)[C@H](C)C[C@H](C)/C=C/C=C/C=C/1C. The number of aromatic amines is 1. The number of aryl methyl sites for hydroxylation is 1. The molecule has 1 aliphatic carbocycles. The number of rotatable bonds is 32. The average molecular weight is 1790 g/mol. The number of piperazine rings is 1. The second-order valence-corrected chi connectivity index (χ2v) is 34.1. The lowest BCUT2D eigenvalue weighted by Crippen LogP contribution is -2.61. The highest BCUT2D eigenvalue weighted by Crippen LogP contribution is 2.39. The van der Waals surface area contributed by atoms with E-state index in [4.69, 9.17) is 59.2 Å². The van der Waals surface area contributed by atoms with Gasteiger partial charge in [0, 0.05) is 170 Å². The smallest absolute Gasteiger partial charge is 0.407 e. The van der Waals surface area contributed by atoms with Crippen LogP contribution < -0.4 is 37.2 Å². The van der Waals surface area contributed by atoms with Gasteiger partial charge >= 0.3 is 12.1 Å². The molecule has 4 fully saturated rings. The number of ether oxygens (including phenoxy) is 9. The lowest BCUT2D eigenvalue weighted by Gasteiger charge is -2.42. The maximum atomic E-state index is 14.7. The fourth-order valence-corrected chi connectivity index (χ4v) is 16.9. The number of allylic oxidation sites excluding steroid dienone is 6. The van der Waals surface area contributed by atoms with Crippen molar-refractivity contribution >= 4 is 86.9 Å². The number of amides is 4. The van der Waals surface area contributed by atoms with Gasteiger partial charge in [0.25, 0.3) is 17.6 Å². The number of nitrogens with zero attached hydrogens (tertiary/aromatic N) is 12. The number of Topliss-reactive ketones (excluding diaryl/α,β-unsaturated/α-hetero) is 3. The van der Waals surface area contributed by atoms with Crippen molar-refractivity contribution in [3.63, 3.8) is 0 Å². The van der Waals surface area contributed by atoms with Crippen LogP contribution in [0.1, 0.15) is 154 Å². The second kappa shape index (κ2) is 48.9. The number of methoxy groups -OCH3 is 2. The maximum absolute atomic E-state index is 14.7. The number of alkyl carbamates (subject to hydrolysis) is 1. The number of nitrogens with two attached hydrogens (primary N) is 2. The van der Waals surface area contributed by atoms with Gasteiger partial charge in [-0.25, -0.2) is 49.2 Å². The molecule has 11 rings (SSSR count). The van der Waals surface area contributed by atoms with Gasteiger partial charge in [0.1, 0.15) is 59.7 Å². The van der Waals surface area contributed by atoms with Crippen molar-refractivity contribution in [2.75, 3.05) is 128 Å². The molecule has 38 heteroatoms. The number of aliphatic hydroxyl groups is 3. The molecule has 129 heavy (non-hydrogen) atoms. The fourth-order valence-electron chi connectivity index (χ4n) is 16.9. The summed E-state index contributed by atoms with van der Waals surface area (Å²) in [4.78, 5) is 150. The number of nitrogens with one attached hydrogen (secondary N) is 4. The average Bonchev–Trinajstić information content (AvgIpc) is 1.55. The highest BCUT2D eigenvalue weighted by Gasteiger charge is 2.53. The first-order chi connectivity index (χ1) is 62.2. The number of cyclic esters (lactones) is 1. The Balaban J connectivity index is 0.533. The van der Waals surface area contributed by atoms with Gasteiger partial charge in [-0.05, 0) is 126 Å². The van der Waals surface area contributed by atoms with Crippen molar-refractivity contribution in [1.29, 1.82) is 0 Å². The molecule has 5 aliphatic rings. The lowest BCUT2D eigenvalue weighted by atomic mass is 9.80. The van der Waals surface area contributed by atoms with E-state index in [1.807, 2.05) is 72.1 Å². The van der Waals surface area contributed by atoms with Crippen molar-refractivity contribution in [3.05, 3.63) is 114 Å². The van der Waals surface area contributed by atoms with E-state index in [2.05, 4.69) is 60.7 Å². The topological polar surface area (TPSA) is 502 Å². The highest BCUT2D eigenvalue weighted by molar-refractivity contribution is 6.39. The first kappa shape index (κ1) is 99.1. The predicted molar refractivity (Wildman–Crippen MR) is 476 cm³/mol.